The van der Waals surface area contributed by atoms with Gasteiger partial charge in [-0.3, -0.25) is 9.48 Å². The van der Waals surface area contributed by atoms with Crippen molar-refractivity contribution in [1.29, 1.82) is 0 Å². The highest BCUT2D eigenvalue weighted by Crippen LogP contribution is 2.31. The third-order valence-electron chi connectivity index (χ3n) is 5.54. The molecular weight excluding hydrogens is 372 g/mol. The first-order chi connectivity index (χ1) is 14.6. The SMILES string of the molecule is CCN(CC)CCCN(C)C(=O)Cn1ncc(-c2ccccc2)c1-c1ccccc1. The molecule has 3 aromatic rings. The zero-order valence-electron chi connectivity index (χ0n) is 18.3. The van der Waals surface area contributed by atoms with Gasteiger partial charge in [-0.25, -0.2) is 0 Å². The molecule has 0 unspecified atom stereocenters. The van der Waals surface area contributed by atoms with Gasteiger partial charge in [0, 0.05) is 24.7 Å². The maximum atomic E-state index is 12.9. The Balaban J connectivity index is 1.77. The molecule has 158 valence electrons. The van der Waals surface area contributed by atoms with Crippen LogP contribution in [0.25, 0.3) is 22.4 Å². The van der Waals surface area contributed by atoms with Crippen molar-refractivity contribution in [3.63, 3.8) is 0 Å². The molecule has 3 rings (SSSR count). The third kappa shape index (κ3) is 5.36. The van der Waals surface area contributed by atoms with Crippen molar-refractivity contribution in [2.24, 2.45) is 0 Å². The van der Waals surface area contributed by atoms with Crippen molar-refractivity contribution in [1.82, 2.24) is 19.6 Å². The van der Waals surface area contributed by atoms with E-state index in [9.17, 15) is 4.79 Å². The fraction of sp³-hybridized carbons (Fsp3) is 0.360. The van der Waals surface area contributed by atoms with Crippen LogP contribution < -0.4 is 0 Å². The molecule has 1 heterocycles. The number of carbonyl (C=O) groups excluding carboxylic acids is 1. The molecule has 30 heavy (non-hydrogen) atoms. The van der Waals surface area contributed by atoms with Gasteiger partial charge in [0.05, 0.1) is 11.9 Å². The highest BCUT2D eigenvalue weighted by Gasteiger charge is 2.18. The summed E-state index contributed by atoms with van der Waals surface area (Å²) in [5.74, 6) is 0.0782. The number of aromatic nitrogens is 2. The molecule has 0 bridgehead atoms. The average Bonchev–Trinajstić information content (AvgIpc) is 3.21. The van der Waals surface area contributed by atoms with Crippen LogP contribution in [-0.2, 0) is 11.3 Å². The van der Waals surface area contributed by atoms with Crippen molar-refractivity contribution in [2.45, 2.75) is 26.8 Å². The van der Waals surface area contributed by atoms with Crippen molar-refractivity contribution < 1.29 is 4.79 Å². The Morgan fingerprint density at radius 3 is 2.10 bits per heavy atom. The van der Waals surface area contributed by atoms with Gasteiger partial charge in [-0.05, 0) is 31.6 Å². The molecule has 0 aliphatic rings. The summed E-state index contributed by atoms with van der Waals surface area (Å²) in [6.07, 6.45) is 2.84. The Morgan fingerprint density at radius 1 is 0.900 bits per heavy atom. The van der Waals surface area contributed by atoms with E-state index in [1.54, 1.807) is 0 Å². The average molecular weight is 405 g/mol. The van der Waals surface area contributed by atoms with Gasteiger partial charge in [-0.1, -0.05) is 74.5 Å². The van der Waals surface area contributed by atoms with E-state index in [0.717, 1.165) is 55.0 Å². The molecule has 1 amide bonds. The van der Waals surface area contributed by atoms with E-state index in [4.69, 9.17) is 0 Å². The van der Waals surface area contributed by atoms with E-state index in [1.165, 1.54) is 0 Å². The largest absolute Gasteiger partial charge is 0.344 e. The maximum absolute atomic E-state index is 12.9. The minimum atomic E-state index is 0.0782. The lowest BCUT2D eigenvalue weighted by atomic mass is 10.0. The number of hydrogen-bond acceptors (Lipinski definition) is 3. The zero-order chi connectivity index (χ0) is 21.3. The van der Waals surface area contributed by atoms with Crippen LogP contribution in [0.4, 0.5) is 0 Å². The molecule has 0 N–H and O–H groups in total. The van der Waals surface area contributed by atoms with E-state index in [1.807, 2.05) is 59.2 Å². The number of carbonyl (C=O) groups is 1. The minimum absolute atomic E-state index is 0.0782. The molecule has 0 radical (unpaired) electrons. The Kier molecular flexibility index (Phi) is 7.80. The summed E-state index contributed by atoms with van der Waals surface area (Å²) in [5, 5.41) is 4.59. The summed E-state index contributed by atoms with van der Waals surface area (Å²) in [7, 11) is 1.88. The van der Waals surface area contributed by atoms with Crippen LogP contribution in [0, 0.1) is 0 Å². The van der Waals surface area contributed by atoms with Crippen molar-refractivity contribution in [2.75, 3.05) is 33.2 Å². The van der Waals surface area contributed by atoms with E-state index >= 15 is 0 Å². The lowest BCUT2D eigenvalue weighted by Crippen LogP contribution is -2.34. The highest BCUT2D eigenvalue weighted by molar-refractivity contribution is 5.83. The lowest BCUT2D eigenvalue weighted by Gasteiger charge is -2.22. The molecular formula is C25H32N4O. The van der Waals surface area contributed by atoms with E-state index in [-0.39, 0.29) is 12.5 Å². The van der Waals surface area contributed by atoms with Crippen LogP contribution in [-0.4, -0.2) is 58.7 Å². The van der Waals surface area contributed by atoms with Crippen LogP contribution in [0.5, 0.6) is 0 Å². The smallest absolute Gasteiger partial charge is 0.244 e. The fourth-order valence-corrected chi connectivity index (χ4v) is 3.68. The Bertz CT molecular complexity index is 917. The Labute approximate surface area is 179 Å². The predicted molar refractivity (Wildman–Crippen MR) is 123 cm³/mol. The lowest BCUT2D eigenvalue weighted by molar-refractivity contribution is -0.130. The molecule has 0 spiro atoms. The van der Waals surface area contributed by atoms with Crippen LogP contribution in [0.3, 0.4) is 0 Å². The summed E-state index contributed by atoms with van der Waals surface area (Å²) < 4.78 is 1.83. The fourth-order valence-electron chi connectivity index (χ4n) is 3.68. The van der Waals surface area contributed by atoms with E-state index in [2.05, 4.69) is 48.1 Å². The van der Waals surface area contributed by atoms with Crippen molar-refractivity contribution >= 4 is 5.91 Å². The Hall–Kier alpha value is -2.92. The number of nitrogens with zero attached hydrogens (tertiary/aromatic N) is 4. The standard InChI is InChI=1S/C25H32N4O/c1-4-28(5-2)18-12-17-27(3)24(30)20-29-25(22-15-10-7-11-16-22)23(19-26-29)21-13-8-6-9-14-21/h6-11,13-16,19H,4-5,12,17-18,20H2,1-3H3. The second kappa shape index (κ2) is 10.7. The second-order valence-corrected chi connectivity index (χ2v) is 7.49. The summed E-state index contributed by atoms with van der Waals surface area (Å²) >= 11 is 0. The van der Waals surface area contributed by atoms with Gasteiger partial charge in [0.1, 0.15) is 6.54 Å². The van der Waals surface area contributed by atoms with Gasteiger partial charge in [-0.15, -0.1) is 0 Å². The van der Waals surface area contributed by atoms with Crippen LogP contribution in [0.2, 0.25) is 0 Å². The number of benzene rings is 2. The van der Waals surface area contributed by atoms with Gasteiger partial charge < -0.3 is 9.80 Å². The number of rotatable bonds is 10. The molecule has 0 saturated carbocycles. The molecule has 2 aromatic carbocycles. The number of hydrogen-bond donors (Lipinski definition) is 0. The first-order valence-corrected chi connectivity index (χ1v) is 10.8. The molecule has 0 aliphatic heterocycles. The quantitative estimate of drug-likeness (QED) is 0.503. The molecule has 5 heteroatoms. The highest BCUT2D eigenvalue weighted by atomic mass is 16.2. The maximum Gasteiger partial charge on any atom is 0.244 e. The topological polar surface area (TPSA) is 41.4 Å². The van der Waals surface area contributed by atoms with Crippen LogP contribution in [0.1, 0.15) is 20.3 Å². The summed E-state index contributed by atoms with van der Waals surface area (Å²) in [6.45, 7) is 8.44. The summed E-state index contributed by atoms with van der Waals surface area (Å²) in [5.41, 5.74) is 4.18. The van der Waals surface area contributed by atoms with Gasteiger partial charge in [0.25, 0.3) is 0 Å². The van der Waals surface area contributed by atoms with Crippen LogP contribution in [0.15, 0.2) is 66.9 Å². The van der Waals surface area contributed by atoms with Gasteiger partial charge in [-0.2, -0.15) is 5.10 Å². The minimum Gasteiger partial charge on any atom is -0.344 e. The van der Waals surface area contributed by atoms with E-state index in [0.29, 0.717) is 0 Å². The summed E-state index contributed by atoms with van der Waals surface area (Å²) in [6, 6.07) is 20.4. The monoisotopic (exact) mass is 404 g/mol. The number of amides is 1. The van der Waals surface area contributed by atoms with Gasteiger partial charge in [0.15, 0.2) is 0 Å². The van der Waals surface area contributed by atoms with Gasteiger partial charge >= 0.3 is 0 Å². The first-order valence-electron chi connectivity index (χ1n) is 10.8. The molecule has 1 aromatic heterocycles. The van der Waals surface area contributed by atoms with Crippen LogP contribution >= 0.6 is 0 Å². The number of likely N-dealkylation sites (N-methyl/N-ethyl adjacent to an activating group) is 1. The first kappa shape index (κ1) is 21.8. The molecule has 0 atom stereocenters. The third-order valence-corrected chi connectivity index (χ3v) is 5.54. The van der Waals surface area contributed by atoms with Gasteiger partial charge in [0.2, 0.25) is 5.91 Å². The second-order valence-electron chi connectivity index (χ2n) is 7.49. The van der Waals surface area contributed by atoms with E-state index < -0.39 is 0 Å². The molecule has 0 aliphatic carbocycles. The normalized spacial score (nSPS) is 11.1. The van der Waals surface area contributed by atoms with Crippen molar-refractivity contribution in [3.8, 4) is 22.4 Å². The summed E-state index contributed by atoms with van der Waals surface area (Å²) in [4.78, 5) is 17.1. The molecule has 5 nitrogen and oxygen atoms in total. The zero-order valence-corrected chi connectivity index (χ0v) is 18.3. The Morgan fingerprint density at radius 2 is 1.50 bits per heavy atom. The molecule has 0 fully saturated rings. The molecule has 0 saturated heterocycles. The predicted octanol–water partition coefficient (Wildman–Crippen LogP) is 4.41. The van der Waals surface area contributed by atoms with Crippen molar-refractivity contribution in [3.05, 3.63) is 66.9 Å².